The summed E-state index contributed by atoms with van der Waals surface area (Å²) in [6, 6.07) is 8.75. The van der Waals surface area contributed by atoms with Crippen LogP contribution in [0, 0.1) is 5.82 Å². The van der Waals surface area contributed by atoms with Gasteiger partial charge in [-0.1, -0.05) is 22.0 Å². The number of nitrogens with two attached hydrogens (primary N) is 1. The minimum atomic E-state index is -0.342. The summed E-state index contributed by atoms with van der Waals surface area (Å²) < 4.78 is 26.1. The van der Waals surface area contributed by atoms with E-state index < -0.39 is 0 Å². The number of benzene rings is 2. The van der Waals surface area contributed by atoms with Crippen LogP contribution in [-0.4, -0.2) is 6.61 Å². The molecular formula is C16H15BrFNO2. The molecule has 0 atom stereocenters. The summed E-state index contributed by atoms with van der Waals surface area (Å²) >= 11 is 3.49. The first-order valence-electron chi connectivity index (χ1n) is 6.73. The van der Waals surface area contributed by atoms with Gasteiger partial charge in [-0.25, -0.2) is 4.39 Å². The summed E-state index contributed by atoms with van der Waals surface area (Å²) in [6.45, 7) is 1.11. The van der Waals surface area contributed by atoms with E-state index in [9.17, 15) is 4.39 Å². The van der Waals surface area contributed by atoms with Crippen molar-refractivity contribution in [3.8, 4) is 11.5 Å². The molecular weight excluding hydrogens is 337 g/mol. The predicted molar refractivity (Wildman–Crippen MR) is 82.0 cm³/mol. The molecule has 110 valence electrons. The molecule has 0 unspecified atom stereocenters. The normalized spacial score (nSPS) is 12.9. The molecule has 2 aromatic rings. The second-order valence-electron chi connectivity index (χ2n) is 4.86. The summed E-state index contributed by atoms with van der Waals surface area (Å²) in [6.07, 6.45) is 0.899. The molecule has 0 aliphatic carbocycles. The SMILES string of the molecule is NCc1c(F)cccc1OCc1cc(Br)cc2c1OCC2. The molecule has 2 aromatic carbocycles. The van der Waals surface area contributed by atoms with Crippen molar-refractivity contribution in [2.24, 2.45) is 5.73 Å². The molecule has 3 rings (SSSR count). The van der Waals surface area contributed by atoms with Crippen molar-refractivity contribution in [3.05, 3.63) is 57.3 Å². The van der Waals surface area contributed by atoms with E-state index in [1.807, 2.05) is 6.07 Å². The fourth-order valence-corrected chi connectivity index (χ4v) is 3.03. The van der Waals surface area contributed by atoms with Crippen LogP contribution in [0.1, 0.15) is 16.7 Å². The van der Waals surface area contributed by atoms with Gasteiger partial charge in [-0.2, -0.15) is 0 Å². The lowest BCUT2D eigenvalue weighted by Crippen LogP contribution is -2.05. The summed E-state index contributed by atoms with van der Waals surface area (Å²) in [5.74, 6) is 1.01. The monoisotopic (exact) mass is 351 g/mol. The lowest BCUT2D eigenvalue weighted by molar-refractivity contribution is 0.287. The highest BCUT2D eigenvalue weighted by Crippen LogP contribution is 2.34. The number of rotatable bonds is 4. The van der Waals surface area contributed by atoms with Gasteiger partial charge in [0.2, 0.25) is 0 Å². The second-order valence-corrected chi connectivity index (χ2v) is 5.78. The summed E-state index contributed by atoms with van der Waals surface area (Å²) in [5.41, 5.74) is 8.09. The van der Waals surface area contributed by atoms with Gasteiger partial charge < -0.3 is 15.2 Å². The van der Waals surface area contributed by atoms with E-state index in [0.717, 1.165) is 22.2 Å². The molecule has 1 aliphatic heterocycles. The quantitative estimate of drug-likeness (QED) is 0.915. The minimum Gasteiger partial charge on any atom is -0.493 e. The third-order valence-electron chi connectivity index (χ3n) is 3.49. The van der Waals surface area contributed by atoms with Crippen molar-refractivity contribution >= 4 is 15.9 Å². The number of hydrogen-bond donors (Lipinski definition) is 1. The maximum atomic E-state index is 13.7. The van der Waals surface area contributed by atoms with Gasteiger partial charge in [0.15, 0.2) is 0 Å². The molecule has 0 amide bonds. The lowest BCUT2D eigenvalue weighted by atomic mass is 10.1. The van der Waals surface area contributed by atoms with Crippen molar-refractivity contribution < 1.29 is 13.9 Å². The van der Waals surface area contributed by atoms with Crippen LogP contribution in [0.25, 0.3) is 0 Å². The largest absolute Gasteiger partial charge is 0.493 e. The molecule has 0 spiro atoms. The summed E-state index contributed by atoms with van der Waals surface area (Å²) in [4.78, 5) is 0. The van der Waals surface area contributed by atoms with Gasteiger partial charge in [-0.3, -0.25) is 0 Å². The maximum Gasteiger partial charge on any atom is 0.131 e. The Morgan fingerprint density at radius 1 is 1.33 bits per heavy atom. The van der Waals surface area contributed by atoms with Gasteiger partial charge in [0, 0.05) is 28.6 Å². The summed E-state index contributed by atoms with van der Waals surface area (Å²) in [7, 11) is 0. The van der Waals surface area contributed by atoms with Gasteiger partial charge in [0.05, 0.1) is 6.61 Å². The van der Waals surface area contributed by atoms with Gasteiger partial charge in [0.1, 0.15) is 23.9 Å². The Morgan fingerprint density at radius 2 is 2.19 bits per heavy atom. The Labute approximate surface area is 131 Å². The Hall–Kier alpha value is -1.59. The third-order valence-corrected chi connectivity index (χ3v) is 3.95. The van der Waals surface area contributed by atoms with Crippen LogP contribution in [0.4, 0.5) is 4.39 Å². The topological polar surface area (TPSA) is 44.5 Å². The first kappa shape index (κ1) is 14.4. The van der Waals surface area contributed by atoms with Crippen LogP contribution in [0.3, 0.4) is 0 Å². The van der Waals surface area contributed by atoms with Crippen molar-refractivity contribution in [2.45, 2.75) is 19.6 Å². The highest BCUT2D eigenvalue weighted by atomic mass is 79.9. The van der Waals surface area contributed by atoms with Crippen molar-refractivity contribution in [2.75, 3.05) is 6.61 Å². The van der Waals surface area contributed by atoms with Crippen molar-refractivity contribution in [1.82, 2.24) is 0 Å². The third kappa shape index (κ3) is 2.89. The van der Waals surface area contributed by atoms with E-state index in [0.29, 0.717) is 24.5 Å². The van der Waals surface area contributed by atoms with Crippen LogP contribution in [0.15, 0.2) is 34.8 Å². The van der Waals surface area contributed by atoms with Gasteiger partial charge in [0.25, 0.3) is 0 Å². The Kier molecular flexibility index (Phi) is 4.12. The summed E-state index contributed by atoms with van der Waals surface area (Å²) in [5, 5.41) is 0. The molecule has 0 saturated carbocycles. The highest BCUT2D eigenvalue weighted by molar-refractivity contribution is 9.10. The highest BCUT2D eigenvalue weighted by Gasteiger charge is 2.18. The Morgan fingerprint density at radius 3 is 3.00 bits per heavy atom. The molecule has 21 heavy (non-hydrogen) atoms. The van der Waals surface area contributed by atoms with Crippen LogP contribution >= 0.6 is 15.9 Å². The first-order valence-corrected chi connectivity index (χ1v) is 7.52. The van der Waals surface area contributed by atoms with E-state index >= 15 is 0 Å². The fraction of sp³-hybridized carbons (Fsp3) is 0.250. The molecule has 5 heteroatoms. The molecule has 0 saturated heterocycles. The Bertz CT molecular complexity index is 676. The average Bonchev–Trinajstić information content (AvgIpc) is 2.93. The zero-order valence-corrected chi connectivity index (χ0v) is 13.0. The second kappa shape index (κ2) is 6.03. The van der Waals surface area contributed by atoms with Crippen molar-refractivity contribution in [1.29, 1.82) is 0 Å². The van der Waals surface area contributed by atoms with E-state index in [-0.39, 0.29) is 12.4 Å². The molecule has 2 N–H and O–H groups in total. The minimum absolute atomic E-state index is 0.106. The number of ether oxygens (including phenoxy) is 2. The van der Waals surface area contributed by atoms with Gasteiger partial charge >= 0.3 is 0 Å². The molecule has 0 radical (unpaired) electrons. The first-order chi connectivity index (χ1) is 10.2. The van der Waals surface area contributed by atoms with Gasteiger partial charge in [-0.15, -0.1) is 0 Å². The van der Waals surface area contributed by atoms with Crippen LogP contribution in [0.5, 0.6) is 11.5 Å². The zero-order valence-electron chi connectivity index (χ0n) is 11.4. The molecule has 1 aliphatic rings. The maximum absolute atomic E-state index is 13.7. The predicted octanol–water partition coefficient (Wildman–Crippen LogP) is 3.56. The number of hydrogen-bond acceptors (Lipinski definition) is 3. The van der Waals surface area contributed by atoms with E-state index in [2.05, 4.69) is 22.0 Å². The van der Waals surface area contributed by atoms with Gasteiger partial charge in [-0.05, 0) is 29.8 Å². The molecule has 3 nitrogen and oxygen atoms in total. The molecule has 0 bridgehead atoms. The number of fused-ring (bicyclic) bond motifs is 1. The molecule has 1 heterocycles. The van der Waals surface area contributed by atoms with Crippen LogP contribution < -0.4 is 15.2 Å². The van der Waals surface area contributed by atoms with E-state index in [1.165, 1.54) is 11.6 Å². The molecule has 0 fully saturated rings. The van der Waals surface area contributed by atoms with E-state index in [1.54, 1.807) is 12.1 Å². The Balaban J connectivity index is 1.85. The smallest absolute Gasteiger partial charge is 0.131 e. The fourth-order valence-electron chi connectivity index (χ4n) is 2.48. The van der Waals surface area contributed by atoms with E-state index in [4.69, 9.17) is 15.2 Å². The molecule has 0 aromatic heterocycles. The van der Waals surface area contributed by atoms with Crippen LogP contribution in [-0.2, 0) is 19.6 Å². The lowest BCUT2D eigenvalue weighted by Gasteiger charge is -2.13. The average molecular weight is 352 g/mol. The zero-order chi connectivity index (χ0) is 14.8. The standard InChI is InChI=1S/C16H15BrFNO2/c17-12-6-10-4-5-20-16(10)11(7-12)9-21-15-3-1-2-14(18)13(15)8-19/h1-3,6-7H,4-5,8-9,19H2. The van der Waals surface area contributed by atoms with Crippen LogP contribution in [0.2, 0.25) is 0 Å². The number of halogens is 2. The van der Waals surface area contributed by atoms with Crippen molar-refractivity contribution in [3.63, 3.8) is 0 Å².